The Hall–Kier alpha value is -1.33. The second kappa shape index (κ2) is 4.74. The topological polar surface area (TPSA) is 35.8 Å². The van der Waals surface area contributed by atoms with Crippen LogP contribution in [0, 0.1) is 11.3 Å². The van der Waals surface area contributed by atoms with Crippen LogP contribution >= 0.6 is 0 Å². The summed E-state index contributed by atoms with van der Waals surface area (Å²) in [7, 11) is 0. The van der Waals surface area contributed by atoms with Crippen LogP contribution in [0.4, 0.5) is 0 Å². The molecule has 2 aliphatic rings. The molecule has 0 heterocycles. The van der Waals surface area contributed by atoms with Gasteiger partial charge in [0.15, 0.2) is 0 Å². The third-order valence-corrected chi connectivity index (χ3v) is 4.43. The summed E-state index contributed by atoms with van der Waals surface area (Å²) in [5.74, 6) is 0. The van der Waals surface area contributed by atoms with Crippen molar-refractivity contribution in [3.05, 3.63) is 35.9 Å². The van der Waals surface area contributed by atoms with E-state index in [0.717, 1.165) is 31.7 Å². The smallest absolute Gasteiger partial charge is 0.0823 e. The third-order valence-electron chi connectivity index (χ3n) is 4.43. The second-order valence-electron chi connectivity index (χ2n) is 5.78. The van der Waals surface area contributed by atoms with Gasteiger partial charge in [-0.25, -0.2) is 0 Å². The van der Waals surface area contributed by atoms with E-state index < -0.39 is 0 Å². The van der Waals surface area contributed by atoms with E-state index in [1.165, 1.54) is 18.4 Å². The van der Waals surface area contributed by atoms with E-state index in [4.69, 9.17) is 0 Å². The van der Waals surface area contributed by atoms with Crippen LogP contribution in [0.2, 0.25) is 0 Å². The maximum atomic E-state index is 9.61. The van der Waals surface area contributed by atoms with Crippen LogP contribution in [-0.2, 0) is 5.41 Å². The molecule has 2 heteroatoms. The summed E-state index contributed by atoms with van der Waals surface area (Å²) in [4.78, 5) is 0. The summed E-state index contributed by atoms with van der Waals surface area (Å²) in [6, 6.07) is 14.3. The van der Waals surface area contributed by atoms with E-state index in [2.05, 4.69) is 23.5 Å². The molecule has 2 aliphatic carbocycles. The Labute approximate surface area is 109 Å². The van der Waals surface area contributed by atoms with Gasteiger partial charge in [0.2, 0.25) is 0 Å². The van der Waals surface area contributed by atoms with Gasteiger partial charge in [0.05, 0.1) is 11.5 Å². The molecule has 2 fully saturated rings. The fourth-order valence-electron chi connectivity index (χ4n) is 3.08. The first-order valence-electron chi connectivity index (χ1n) is 7.05. The van der Waals surface area contributed by atoms with Crippen LogP contribution in [-0.4, -0.2) is 12.1 Å². The van der Waals surface area contributed by atoms with Crippen molar-refractivity contribution in [1.82, 2.24) is 5.32 Å². The van der Waals surface area contributed by atoms with Crippen molar-refractivity contribution in [3.63, 3.8) is 0 Å². The fourth-order valence-corrected chi connectivity index (χ4v) is 3.08. The summed E-state index contributed by atoms with van der Waals surface area (Å²) in [5, 5.41) is 13.3. The van der Waals surface area contributed by atoms with Crippen molar-refractivity contribution in [2.45, 2.75) is 56.0 Å². The molecule has 1 aromatic rings. The molecule has 0 bridgehead atoms. The molecule has 0 radical (unpaired) electrons. The Morgan fingerprint density at radius 3 is 2.17 bits per heavy atom. The molecule has 0 aromatic heterocycles. The zero-order chi connectivity index (χ0) is 12.4. The number of hydrogen-bond donors (Lipinski definition) is 1. The largest absolute Gasteiger partial charge is 0.311 e. The molecule has 1 N–H and O–H groups in total. The van der Waals surface area contributed by atoms with Crippen LogP contribution in [0.5, 0.6) is 0 Å². The monoisotopic (exact) mass is 240 g/mol. The molecule has 0 saturated heterocycles. The molecule has 2 nitrogen and oxygen atoms in total. The molecule has 0 spiro atoms. The minimum atomic E-state index is -0.233. The summed E-state index contributed by atoms with van der Waals surface area (Å²) >= 11 is 0. The Morgan fingerprint density at radius 1 is 1.00 bits per heavy atom. The average Bonchev–Trinajstić information content (AvgIpc) is 3.25. The van der Waals surface area contributed by atoms with Crippen LogP contribution in [0.25, 0.3) is 0 Å². The molecular formula is C16H20N2. The number of rotatable bonds is 3. The SMILES string of the molecule is N#CC1(c2ccccc2)CCC(NC2CC2)CC1. The molecule has 94 valence electrons. The summed E-state index contributed by atoms with van der Waals surface area (Å²) in [5.41, 5.74) is 0.973. The second-order valence-corrected chi connectivity index (χ2v) is 5.78. The number of benzene rings is 1. The van der Waals surface area contributed by atoms with Gasteiger partial charge in [-0.05, 0) is 44.1 Å². The number of nitrogens with zero attached hydrogens (tertiary/aromatic N) is 1. The Morgan fingerprint density at radius 2 is 1.61 bits per heavy atom. The standard InChI is InChI=1S/C16H20N2/c17-12-16(13-4-2-1-3-5-13)10-8-15(9-11-16)18-14-6-7-14/h1-5,14-15,18H,6-11H2. The first kappa shape index (κ1) is 11.7. The molecular weight excluding hydrogens is 220 g/mol. The summed E-state index contributed by atoms with van der Waals surface area (Å²) in [6.45, 7) is 0. The highest BCUT2D eigenvalue weighted by atomic mass is 15.0. The van der Waals surface area contributed by atoms with Crippen molar-refractivity contribution in [2.75, 3.05) is 0 Å². The van der Waals surface area contributed by atoms with Crippen molar-refractivity contribution in [2.24, 2.45) is 0 Å². The Balaban J connectivity index is 1.69. The van der Waals surface area contributed by atoms with E-state index in [9.17, 15) is 5.26 Å². The molecule has 0 unspecified atom stereocenters. The molecule has 2 saturated carbocycles. The van der Waals surface area contributed by atoms with Gasteiger partial charge < -0.3 is 5.32 Å². The van der Waals surface area contributed by atoms with E-state index in [0.29, 0.717) is 6.04 Å². The lowest BCUT2D eigenvalue weighted by Crippen LogP contribution is -2.40. The minimum absolute atomic E-state index is 0.233. The maximum Gasteiger partial charge on any atom is 0.0823 e. The number of nitriles is 1. The highest BCUT2D eigenvalue weighted by molar-refractivity contribution is 5.33. The van der Waals surface area contributed by atoms with E-state index in [1.54, 1.807) is 0 Å². The fraction of sp³-hybridized carbons (Fsp3) is 0.562. The van der Waals surface area contributed by atoms with Gasteiger partial charge in [-0.15, -0.1) is 0 Å². The van der Waals surface area contributed by atoms with Crippen LogP contribution in [0.15, 0.2) is 30.3 Å². The van der Waals surface area contributed by atoms with Gasteiger partial charge in [0.1, 0.15) is 0 Å². The van der Waals surface area contributed by atoms with E-state index in [-0.39, 0.29) is 5.41 Å². The normalized spacial score (nSPS) is 31.8. The lowest BCUT2D eigenvalue weighted by atomic mass is 9.69. The van der Waals surface area contributed by atoms with E-state index >= 15 is 0 Å². The molecule has 1 aromatic carbocycles. The number of nitrogens with one attached hydrogen (secondary N) is 1. The summed E-state index contributed by atoms with van der Waals surface area (Å²) < 4.78 is 0. The molecule has 0 aliphatic heterocycles. The van der Waals surface area contributed by atoms with Crippen molar-refractivity contribution in [3.8, 4) is 6.07 Å². The molecule has 18 heavy (non-hydrogen) atoms. The van der Waals surface area contributed by atoms with Gasteiger partial charge in [-0.1, -0.05) is 30.3 Å². The van der Waals surface area contributed by atoms with Gasteiger partial charge in [0, 0.05) is 12.1 Å². The lowest BCUT2D eigenvalue weighted by Gasteiger charge is -2.35. The minimum Gasteiger partial charge on any atom is -0.311 e. The van der Waals surface area contributed by atoms with Crippen LogP contribution < -0.4 is 5.32 Å². The van der Waals surface area contributed by atoms with Crippen molar-refractivity contribution in [1.29, 1.82) is 5.26 Å². The van der Waals surface area contributed by atoms with Gasteiger partial charge >= 0.3 is 0 Å². The molecule has 3 rings (SSSR count). The van der Waals surface area contributed by atoms with Gasteiger partial charge in [-0.3, -0.25) is 0 Å². The predicted molar refractivity (Wildman–Crippen MR) is 72.1 cm³/mol. The zero-order valence-electron chi connectivity index (χ0n) is 10.7. The predicted octanol–water partition coefficient (Wildman–Crippen LogP) is 3.14. The Kier molecular flexibility index (Phi) is 3.09. The molecule has 0 atom stereocenters. The highest BCUT2D eigenvalue weighted by Gasteiger charge is 2.38. The van der Waals surface area contributed by atoms with Gasteiger partial charge in [0.25, 0.3) is 0 Å². The van der Waals surface area contributed by atoms with E-state index in [1.807, 2.05) is 18.2 Å². The number of hydrogen-bond acceptors (Lipinski definition) is 2. The molecule has 0 amide bonds. The quantitative estimate of drug-likeness (QED) is 0.881. The van der Waals surface area contributed by atoms with Crippen LogP contribution in [0.1, 0.15) is 44.1 Å². The lowest BCUT2D eigenvalue weighted by molar-refractivity contribution is 0.294. The Bertz CT molecular complexity index is 434. The first-order chi connectivity index (χ1) is 8.82. The average molecular weight is 240 g/mol. The summed E-state index contributed by atoms with van der Waals surface area (Å²) in [6.07, 6.45) is 6.96. The maximum absolute atomic E-state index is 9.61. The highest BCUT2D eigenvalue weighted by Crippen LogP contribution is 2.39. The third kappa shape index (κ3) is 2.28. The van der Waals surface area contributed by atoms with Crippen molar-refractivity contribution < 1.29 is 0 Å². The zero-order valence-corrected chi connectivity index (χ0v) is 10.7. The van der Waals surface area contributed by atoms with Crippen molar-refractivity contribution >= 4 is 0 Å². The first-order valence-corrected chi connectivity index (χ1v) is 7.05. The van der Waals surface area contributed by atoms with Crippen LogP contribution in [0.3, 0.4) is 0 Å². The van der Waals surface area contributed by atoms with Gasteiger partial charge in [-0.2, -0.15) is 5.26 Å².